The molecule has 26 heavy (non-hydrogen) atoms. The third kappa shape index (κ3) is 43.4. The maximum atomic E-state index is 10.3. The summed E-state index contributed by atoms with van der Waals surface area (Å²) in [4.78, 5) is 20.5. The second-order valence-electron chi connectivity index (χ2n) is 4.47. The molecule has 1 rings (SSSR count). The third-order valence-corrected chi connectivity index (χ3v) is 3.09. The van der Waals surface area contributed by atoms with Crippen molar-refractivity contribution in [1.82, 2.24) is 4.98 Å². The van der Waals surface area contributed by atoms with Crippen LogP contribution in [-0.4, -0.2) is 21.4 Å². The van der Waals surface area contributed by atoms with E-state index in [2.05, 4.69) is 16.4 Å². The smallest absolute Gasteiger partial charge is 0.303 e. The second kappa shape index (κ2) is 31.6. The van der Waals surface area contributed by atoms with Crippen molar-refractivity contribution in [1.29, 1.82) is 0 Å². The Hall–Kier alpha value is -1.16. The molecule has 5 nitrogen and oxygen atoms in total. The summed E-state index contributed by atoms with van der Waals surface area (Å²) in [6, 6.07) is 5.72. The van der Waals surface area contributed by atoms with Gasteiger partial charge in [-0.05, 0) is 18.6 Å². The van der Waals surface area contributed by atoms with Crippen LogP contribution in [0, 0.1) is 0 Å². The van der Waals surface area contributed by atoms with Gasteiger partial charge in [-0.15, -0.1) is 0 Å². The van der Waals surface area contributed by atoms with Gasteiger partial charge >= 0.3 is 7.82 Å². The molecular weight excluding hydrogens is 391 g/mol. The minimum atomic E-state index is -4.23. The van der Waals surface area contributed by atoms with Gasteiger partial charge in [-0.2, -0.15) is 0 Å². The van der Waals surface area contributed by atoms with E-state index in [1.807, 2.05) is 18.2 Å². The van der Waals surface area contributed by atoms with Gasteiger partial charge in [0.15, 0.2) is 0 Å². The fourth-order valence-corrected chi connectivity index (χ4v) is 1.92. The summed E-state index contributed by atoms with van der Waals surface area (Å²) in [5.41, 5.74) is 0. The van der Waals surface area contributed by atoms with Crippen LogP contribution in [0.2, 0.25) is 0 Å². The fourth-order valence-electron chi connectivity index (χ4n) is 1.56. The van der Waals surface area contributed by atoms with Crippen molar-refractivity contribution >= 4 is 7.82 Å². The Morgan fingerprint density at radius 3 is 1.50 bits per heavy atom. The molecule has 164 valence electrons. The van der Waals surface area contributed by atoms with Crippen molar-refractivity contribution in [2.24, 2.45) is 0 Å². The zero-order chi connectivity index (χ0) is 15.1. The number of halogens is 6. The molecule has 0 bridgehead atoms. The van der Waals surface area contributed by atoms with E-state index in [1.54, 1.807) is 12.4 Å². The van der Waals surface area contributed by atoms with Crippen molar-refractivity contribution in [2.75, 3.05) is 6.61 Å². The molecule has 2 N–H and O–H groups in total. The highest BCUT2D eigenvalue weighted by Gasteiger charge is 2.12. The first kappa shape index (κ1) is 44.4. The highest BCUT2D eigenvalue weighted by Crippen LogP contribution is 2.35. The van der Waals surface area contributed by atoms with Crippen LogP contribution in [0.15, 0.2) is 30.6 Å². The van der Waals surface area contributed by atoms with E-state index >= 15 is 0 Å². The molecule has 0 saturated carbocycles. The molecule has 0 radical (unpaired) electrons. The normalized spacial score (nSPS) is 8.27. The molecule has 1 aromatic heterocycles. The lowest BCUT2D eigenvalue weighted by Crippen LogP contribution is -1.92. The minimum absolute atomic E-state index is 0. The Labute approximate surface area is 150 Å². The number of nitrogens with zero attached hydrogens (tertiary/aromatic N) is 1. The van der Waals surface area contributed by atoms with Crippen LogP contribution in [-0.2, 0) is 9.09 Å². The molecule has 0 aromatic carbocycles. The zero-order valence-corrected chi connectivity index (χ0v) is 15.5. The van der Waals surface area contributed by atoms with E-state index in [-0.39, 0.29) is 34.8 Å². The maximum Gasteiger partial charge on any atom is 0.469 e. The van der Waals surface area contributed by atoms with E-state index in [9.17, 15) is 4.57 Å². The summed E-state index contributed by atoms with van der Waals surface area (Å²) < 4.78 is 14.6. The van der Waals surface area contributed by atoms with Crippen molar-refractivity contribution < 1.29 is 47.1 Å². The average molecular weight is 423 g/mol. The fraction of sp³-hybridized carbons (Fsp3) is 0.643. The van der Waals surface area contributed by atoms with Crippen LogP contribution in [0.1, 0.15) is 51.9 Å². The van der Waals surface area contributed by atoms with Gasteiger partial charge in [0.2, 0.25) is 0 Å². The first-order valence-corrected chi connectivity index (χ1v) is 8.64. The SMILES string of the molecule is CCCCCCCCCOP(=O)(O)O.F.F.F.F.F.F.c1ccncc1. The Morgan fingerprint density at radius 1 is 0.769 bits per heavy atom. The largest absolute Gasteiger partial charge is 0.469 e. The zero-order valence-electron chi connectivity index (χ0n) is 14.6. The molecule has 1 aromatic rings. The number of aromatic nitrogens is 1. The first-order valence-electron chi connectivity index (χ1n) is 7.11. The molecule has 0 atom stereocenters. The molecular formula is C14H32F6NO4P. The van der Waals surface area contributed by atoms with Gasteiger partial charge < -0.3 is 9.79 Å². The van der Waals surface area contributed by atoms with Crippen LogP contribution >= 0.6 is 7.82 Å². The maximum absolute atomic E-state index is 10.3. The average Bonchev–Trinajstić information content (AvgIpc) is 2.43. The summed E-state index contributed by atoms with van der Waals surface area (Å²) in [5.74, 6) is 0. The van der Waals surface area contributed by atoms with Crippen molar-refractivity contribution in [3.8, 4) is 0 Å². The van der Waals surface area contributed by atoms with Crippen LogP contribution in [0.5, 0.6) is 0 Å². The molecule has 1 heterocycles. The molecule has 0 saturated heterocycles. The Balaban J connectivity index is -0.0000000526. The molecule has 12 heteroatoms. The highest BCUT2D eigenvalue weighted by molar-refractivity contribution is 7.46. The summed E-state index contributed by atoms with van der Waals surface area (Å²) in [6.07, 6.45) is 11.3. The monoisotopic (exact) mass is 423 g/mol. The van der Waals surface area contributed by atoms with Gasteiger partial charge in [-0.1, -0.05) is 51.5 Å². The van der Waals surface area contributed by atoms with Crippen LogP contribution in [0.25, 0.3) is 0 Å². The molecule has 0 aliphatic carbocycles. The lowest BCUT2D eigenvalue weighted by Gasteiger charge is -2.04. The molecule has 0 fully saturated rings. The second-order valence-corrected chi connectivity index (χ2v) is 5.71. The standard InChI is InChI=1S/C9H21O4P.C5H5N.6FH/c1-2-3-4-5-6-7-8-9-13-14(10,11)12;1-2-4-6-5-3-1;;;;;;/h2-9H2,1H3,(H2,10,11,12);1-5H;6*1H. The molecule has 0 unspecified atom stereocenters. The highest BCUT2D eigenvalue weighted by atomic mass is 31.2. The van der Waals surface area contributed by atoms with Gasteiger partial charge in [-0.25, -0.2) is 4.57 Å². The molecule has 0 aliphatic rings. The summed E-state index contributed by atoms with van der Waals surface area (Å²) in [7, 11) is -4.23. The van der Waals surface area contributed by atoms with Crippen LogP contribution in [0.3, 0.4) is 0 Å². The molecule has 0 spiro atoms. The molecule has 0 amide bonds. The quantitative estimate of drug-likeness (QED) is 0.338. The topological polar surface area (TPSA) is 79.7 Å². The van der Waals surface area contributed by atoms with Gasteiger partial charge in [0.05, 0.1) is 6.61 Å². The minimum Gasteiger partial charge on any atom is -0.303 e. The number of hydrogen-bond donors (Lipinski definition) is 2. The van der Waals surface area contributed by atoms with Crippen molar-refractivity contribution in [2.45, 2.75) is 51.9 Å². The van der Waals surface area contributed by atoms with E-state index in [0.717, 1.165) is 19.3 Å². The van der Waals surface area contributed by atoms with Crippen LogP contribution in [0.4, 0.5) is 28.2 Å². The number of unbranched alkanes of at least 4 members (excludes halogenated alkanes) is 6. The predicted octanol–water partition coefficient (Wildman–Crippen LogP) is 4.84. The lowest BCUT2D eigenvalue weighted by molar-refractivity contribution is 0.193. The van der Waals surface area contributed by atoms with Gasteiger partial charge in [0, 0.05) is 12.4 Å². The Bertz CT molecular complexity index is 336. The Morgan fingerprint density at radius 2 is 1.19 bits per heavy atom. The van der Waals surface area contributed by atoms with E-state index in [1.165, 1.54) is 25.7 Å². The number of phosphoric ester groups is 1. The van der Waals surface area contributed by atoms with E-state index in [0.29, 0.717) is 0 Å². The number of pyridine rings is 1. The van der Waals surface area contributed by atoms with Crippen LogP contribution < -0.4 is 0 Å². The van der Waals surface area contributed by atoms with Gasteiger partial charge in [0.25, 0.3) is 0 Å². The summed E-state index contributed by atoms with van der Waals surface area (Å²) >= 11 is 0. The third-order valence-electron chi connectivity index (χ3n) is 2.57. The van der Waals surface area contributed by atoms with Gasteiger partial charge in [-0.3, -0.25) is 37.7 Å². The summed E-state index contributed by atoms with van der Waals surface area (Å²) in [5, 5.41) is 0. The van der Waals surface area contributed by atoms with Crippen molar-refractivity contribution in [3.05, 3.63) is 30.6 Å². The number of phosphoric acid groups is 1. The lowest BCUT2D eigenvalue weighted by atomic mass is 10.1. The van der Waals surface area contributed by atoms with Crippen molar-refractivity contribution in [3.63, 3.8) is 0 Å². The first-order chi connectivity index (χ1) is 9.56. The summed E-state index contributed by atoms with van der Waals surface area (Å²) in [6.45, 7) is 2.34. The number of hydrogen-bond acceptors (Lipinski definition) is 3. The Kier molecular flexibility index (Phi) is 53.9. The van der Waals surface area contributed by atoms with Gasteiger partial charge in [0.1, 0.15) is 0 Å². The molecule has 0 aliphatic heterocycles. The predicted molar refractivity (Wildman–Crippen MR) is 95.2 cm³/mol. The number of rotatable bonds is 9. The van der Waals surface area contributed by atoms with E-state index < -0.39 is 7.82 Å². The van der Waals surface area contributed by atoms with E-state index in [4.69, 9.17) is 9.79 Å².